The molecule has 3 heteroatoms. The van der Waals surface area contributed by atoms with E-state index in [0.717, 1.165) is 30.7 Å². The number of rotatable bonds is 11. The minimum Gasteiger partial charge on any atom is -0.508 e. The van der Waals surface area contributed by atoms with E-state index in [1.54, 1.807) is 12.1 Å². The molecule has 0 radical (unpaired) electrons. The van der Waals surface area contributed by atoms with Gasteiger partial charge >= 0.3 is 0 Å². The predicted octanol–water partition coefficient (Wildman–Crippen LogP) is 4.29. The molecule has 1 aromatic carbocycles. The molecule has 0 aliphatic carbocycles. The molecule has 0 fully saturated rings. The zero-order valence-electron chi connectivity index (χ0n) is 15.7. The molecule has 0 saturated carbocycles. The standard InChI is InChI=1S/C21H35NO2/c1-5-16(2)14-17(3)8-6-7-9-21(24)20(22-4)15-18-10-12-19(23)13-11-18/h6,8,10-13,16-17,20-24H,5,7,9,14-15H2,1-4H3/b8-6+/t16-,17+,20-,21-/m0/s1. The van der Waals surface area contributed by atoms with Gasteiger partial charge in [0.15, 0.2) is 0 Å². The zero-order valence-corrected chi connectivity index (χ0v) is 15.7. The van der Waals surface area contributed by atoms with Crippen LogP contribution in [0.3, 0.4) is 0 Å². The number of aliphatic hydroxyl groups excluding tert-OH is 1. The fourth-order valence-electron chi connectivity index (χ4n) is 2.99. The molecule has 24 heavy (non-hydrogen) atoms. The normalized spacial score (nSPS) is 16.9. The van der Waals surface area contributed by atoms with Gasteiger partial charge in [-0.2, -0.15) is 0 Å². The highest BCUT2D eigenvalue weighted by Crippen LogP contribution is 2.17. The first kappa shape index (κ1) is 20.7. The fraction of sp³-hybridized carbons (Fsp3) is 0.619. The van der Waals surface area contributed by atoms with E-state index in [9.17, 15) is 10.2 Å². The van der Waals surface area contributed by atoms with E-state index in [2.05, 4.69) is 38.2 Å². The van der Waals surface area contributed by atoms with Crippen LogP contribution >= 0.6 is 0 Å². The zero-order chi connectivity index (χ0) is 17.9. The van der Waals surface area contributed by atoms with Gasteiger partial charge in [-0.1, -0.05) is 51.5 Å². The number of phenols is 1. The van der Waals surface area contributed by atoms with Crippen LogP contribution in [0.1, 0.15) is 52.0 Å². The van der Waals surface area contributed by atoms with Crippen molar-refractivity contribution in [2.45, 2.75) is 65.0 Å². The summed E-state index contributed by atoms with van der Waals surface area (Å²) < 4.78 is 0. The van der Waals surface area contributed by atoms with Crippen molar-refractivity contribution in [1.29, 1.82) is 0 Å². The third kappa shape index (κ3) is 7.98. The first-order chi connectivity index (χ1) is 11.5. The van der Waals surface area contributed by atoms with E-state index in [1.165, 1.54) is 12.8 Å². The van der Waals surface area contributed by atoms with E-state index in [4.69, 9.17) is 0 Å². The lowest BCUT2D eigenvalue weighted by molar-refractivity contribution is 0.122. The average Bonchev–Trinajstić information content (AvgIpc) is 2.57. The lowest BCUT2D eigenvalue weighted by Gasteiger charge is -2.22. The molecule has 3 nitrogen and oxygen atoms in total. The van der Waals surface area contributed by atoms with E-state index < -0.39 is 0 Å². The smallest absolute Gasteiger partial charge is 0.115 e. The number of aromatic hydroxyl groups is 1. The van der Waals surface area contributed by atoms with Crippen molar-refractivity contribution in [1.82, 2.24) is 5.32 Å². The van der Waals surface area contributed by atoms with Crippen LogP contribution in [0.2, 0.25) is 0 Å². The molecular formula is C21H35NO2. The summed E-state index contributed by atoms with van der Waals surface area (Å²) >= 11 is 0. The number of aliphatic hydroxyl groups is 1. The Kier molecular flexibility index (Phi) is 9.73. The summed E-state index contributed by atoms with van der Waals surface area (Å²) in [4.78, 5) is 0. The van der Waals surface area contributed by atoms with Crippen LogP contribution < -0.4 is 5.32 Å². The van der Waals surface area contributed by atoms with Crippen molar-refractivity contribution in [3.8, 4) is 5.75 Å². The van der Waals surface area contributed by atoms with Gasteiger partial charge in [0, 0.05) is 6.04 Å². The fourth-order valence-corrected chi connectivity index (χ4v) is 2.99. The van der Waals surface area contributed by atoms with Crippen LogP contribution in [-0.4, -0.2) is 29.4 Å². The Bertz CT molecular complexity index is 469. The van der Waals surface area contributed by atoms with Crippen LogP contribution in [-0.2, 0) is 6.42 Å². The van der Waals surface area contributed by atoms with Crippen molar-refractivity contribution < 1.29 is 10.2 Å². The molecular weight excluding hydrogens is 298 g/mol. The van der Waals surface area contributed by atoms with E-state index in [1.807, 2.05) is 19.2 Å². The molecule has 1 rings (SSSR count). The number of hydrogen-bond acceptors (Lipinski definition) is 3. The highest BCUT2D eigenvalue weighted by atomic mass is 16.3. The Morgan fingerprint density at radius 2 is 1.83 bits per heavy atom. The first-order valence-electron chi connectivity index (χ1n) is 9.26. The van der Waals surface area contributed by atoms with Crippen LogP contribution in [0, 0.1) is 11.8 Å². The van der Waals surface area contributed by atoms with Crippen LogP contribution in [0.25, 0.3) is 0 Å². The second kappa shape index (κ2) is 11.3. The monoisotopic (exact) mass is 333 g/mol. The minimum atomic E-state index is -0.377. The number of likely N-dealkylation sites (N-methyl/N-ethyl adjacent to an activating group) is 1. The number of hydrogen-bond donors (Lipinski definition) is 3. The van der Waals surface area contributed by atoms with Gasteiger partial charge in [-0.05, 0) is 62.3 Å². The van der Waals surface area contributed by atoms with Gasteiger partial charge in [0.1, 0.15) is 5.75 Å². The Morgan fingerprint density at radius 1 is 1.17 bits per heavy atom. The van der Waals surface area contributed by atoms with Crippen molar-refractivity contribution >= 4 is 0 Å². The predicted molar refractivity (Wildman–Crippen MR) is 102 cm³/mol. The van der Waals surface area contributed by atoms with E-state index >= 15 is 0 Å². The molecule has 0 saturated heterocycles. The Balaban J connectivity index is 2.38. The quantitative estimate of drug-likeness (QED) is 0.529. The summed E-state index contributed by atoms with van der Waals surface area (Å²) in [6, 6.07) is 7.22. The number of allylic oxidation sites excluding steroid dienone is 2. The molecule has 0 heterocycles. The Labute approximate surface area is 147 Å². The van der Waals surface area contributed by atoms with Gasteiger partial charge in [-0.3, -0.25) is 0 Å². The Morgan fingerprint density at radius 3 is 2.42 bits per heavy atom. The Hall–Kier alpha value is -1.32. The number of nitrogens with one attached hydrogen (secondary N) is 1. The third-order valence-corrected chi connectivity index (χ3v) is 4.79. The van der Waals surface area contributed by atoms with Crippen molar-refractivity contribution in [2.75, 3.05) is 7.05 Å². The summed E-state index contributed by atoms with van der Waals surface area (Å²) in [5.74, 6) is 1.65. The van der Waals surface area contributed by atoms with Gasteiger partial charge in [0.05, 0.1) is 6.10 Å². The SMILES string of the molecule is CC[C@H](C)C[C@H](C)/C=C/CC[C@H](O)[C@H](Cc1ccc(O)cc1)NC. The molecule has 0 bridgehead atoms. The lowest BCUT2D eigenvalue weighted by Crippen LogP contribution is -2.39. The maximum atomic E-state index is 10.4. The first-order valence-corrected chi connectivity index (χ1v) is 9.26. The number of phenolic OH excluding ortho intramolecular Hbond substituents is 1. The summed E-state index contributed by atoms with van der Waals surface area (Å²) in [5.41, 5.74) is 1.11. The van der Waals surface area contributed by atoms with Crippen LogP contribution in [0.15, 0.2) is 36.4 Å². The van der Waals surface area contributed by atoms with Gasteiger partial charge in [-0.25, -0.2) is 0 Å². The van der Waals surface area contributed by atoms with Crippen LogP contribution in [0.4, 0.5) is 0 Å². The highest BCUT2D eigenvalue weighted by molar-refractivity contribution is 5.26. The molecule has 0 unspecified atom stereocenters. The van der Waals surface area contributed by atoms with Gasteiger partial charge in [0.2, 0.25) is 0 Å². The molecule has 0 spiro atoms. The summed E-state index contributed by atoms with van der Waals surface area (Å²) in [6.45, 7) is 6.80. The molecule has 0 amide bonds. The minimum absolute atomic E-state index is 0.0282. The average molecular weight is 334 g/mol. The van der Waals surface area contributed by atoms with E-state index in [0.29, 0.717) is 5.92 Å². The molecule has 0 aromatic heterocycles. The largest absolute Gasteiger partial charge is 0.508 e. The summed E-state index contributed by atoms with van der Waals surface area (Å²) in [7, 11) is 1.89. The van der Waals surface area contributed by atoms with E-state index in [-0.39, 0.29) is 17.9 Å². The molecule has 0 aliphatic heterocycles. The molecule has 1 aromatic rings. The second-order valence-corrected chi connectivity index (χ2v) is 7.06. The molecule has 136 valence electrons. The summed E-state index contributed by atoms with van der Waals surface area (Å²) in [6.07, 6.45) is 9.00. The lowest BCUT2D eigenvalue weighted by atomic mass is 9.94. The van der Waals surface area contributed by atoms with Crippen LogP contribution in [0.5, 0.6) is 5.75 Å². The molecule has 0 aliphatic rings. The topological polar surface area (TPSA) is 52.5 Å². The maximum Gasteiger partial charge on any atom is 0.115 e. The summed E-state index contributed by atoms with van der Waals surface area (Å²) in [5, 5.41) is 23.0. The van der Waals surface area contributed by atoms with Crippen molar-refractivity contribution in [3.63, 3.8) is 0 Å². The van der Waals surface area contributed by atoms with Crippen molar-refractivity contribution in [3.05, 3.63) is 42.0 Å². The molecule has 4 atom stereocenters. The van der Waals surface area contributed by atoms with Crippen molar-refractivity contribution in [2.24, 2.45) is 11.8 Å². The number of benzene rings is 1. The highest BCUT2D eigenvalue weighted by Gasteiger charge is 2.17. The molecule has 3 N–H and O–H groups in total. The van der Waals surface area contributed by atoms with Gasteiger partial charge < -0.3 is 15.5 Å². The second-order valence-electron chi connectivity index (χ2n) is 7.06. The van der Waals surface area contributed by atoms with Gasteiger partial charge in [-0.15, -0.1) is 0 Å². The third-order valence-electron chi connectivity index (χ3n) is 4.79. The maximum absolute atomic E-state index is 10.4. The van der Waals surface area contributed by atoms with Gasteiger partial charge in [0.25, 0.3) is 0 Å².